The summed E-state index contributed by atoms with van der Waals surface area (Å²) < 4.78 is 7.52. The highest BCUT2D eigenvalue weighted by atomic mass is 32.2. The molecule has 0 aliphatic carbocycles. The molecule has 4 aliphatic rings. The minimum absolute atomic E-state index is 0.0593. The van der Waals surface area contributed by atoms with Crippen molar-refractivity contribution in [3.63, 3.8) is 0 Å². The number of rotatable bonds is 7. The van der Waals surface area contributed by atoms with E-state index in [1.807, 2.05) is 23.5 Å². The van der Waals surface area contributed by atoms with Crippen LogP contribution in [0.5, 0.6) is 11.5 Å². The third-order valence-corrected chi connectivity index (χ3v) is 17.3. The Bertz CT molecular complexity index is 3950. The lowest BCUT2D eigenvalue weighted by Crippen LogP contribution is -2.62. The van der Waals surface area contributed by atoms with Crippen LogP contribution in [-0.2, 0) is 0 Å². The predicted octanol–water partition coefficient (Wildman–Crippen LogP) is 14.0. The Hall–Kier alpha value is -8.35. The monoisotopic (exact) mass is 964 g/mol. The van der Waals surface area contributed by atoms with E-state index in [1.165, 1.54) is 80.2 Å². The first kappa shape index (κ1) is 42.3. The molecule has 11 aromatic carbocycles. The van der Waals surface area contributed by atoms with Crippen LogP contribution in [0.2, 0.25) is 0 Å². The van der Waals surface area contributed by atoms with E-state index in [2.05, 4.69) is 265 Å². The molecule has 0 unspecified atom stereocenters. The number of anilines is 6. The van der Waals surface area contributed by atoms with Gasteiger partial charge in [-0.1, -0.05) is 216 Å². The summed E-state index contributed by atoms with van der Waals surface area (Å²) in [5.41, 5.74) is 21.5. The first-order valence-corrected chi connectivity index (χ1v) is 26.6. The topological polar surface area (TPSA) is 15.7 Å². The third-order valence-electron chi connectivity index (χ3n) is 15.0. The van der Waals surface area contributed by atoms with Gasteiger partial charge in [0.2, 0.25) is 6.71 Å². The van der Waals surface area contributed by atoms with Crippen molar-refractivity contribution in [2.75, 3.05) is 9.80 Å². The summed E-state index contributed by atoms with van der Waals surface area (Å²) in [7, 11) is 0. The maximum absolute atomic E-state index is 7.52. The van der Waals surface area contributed by atoms with Crippen molar-refractivity contribution in [1.29, 1.82) is 0 Å². The van der Waals surface area contributed by atoms with Crippen LogP contribution in [-0.4, -0.2) is 13.4 Å². The highest BCUT2D eigenvalue weighted by Crippen LogP contribution is 2.49. The number of nitrogens with zero attached hydrogens (tertiary/aromatic N) is 2. The molecular formula is C66H42B2N2OS2. The highest BCUT2D eigenvalue weighted by molar-refractivity contribution is 8.01. The maximum atomic E-state index is 7.52. The van der Waals surface area contributed by atoms with Crippen LogP contribution in [0.4, 0.5) is 34.1 Å². The first-order valence-electron chi connectivity index (χ1n) is 25.0. The van der Waals surface area contributed by atoms with E-state index in [4.69, 9.17) is 4.74 Å². The molecular weight excluding hydrogens is 922 g/mol. The number of benzene rings is 11. The minimum atomic E-state index is -0.0951. The molecule has 0 bridgehead atoms. The molecule has 0 fully saturated rings. The fourth-order valence-corrected chi connectivity index (χ4v) is 14.4. The summed E-state index contributed by atoms with van der Waals surface area (Å²) in [6, 6.07) is 93.3. The van der Waals surface area contributed by atoms with Gasteiger partial charge in [-0.2, -0.15) is 0 Å². The fraction of sp³-hybridized carbons (Fsp3) is 0. The van der Waals surface area contributed by atoms with E-state index in [0.29, 0.717) is 0 Å². The van der Waals surface area contributed by atoms with Gasteiger partial charge >= 0.3 is 0 Å². The standard InChI is InChI=1S/C66H42B2N2OS2/c1-5-21-43(22-6-1)49-29-13-14-30-50(49)45-37-63-66-64(38-45)73-62-42-59-54(41-55(62)68(66)53-33-17-20-36-61(53)72-63)67-52-32-16-19-35-57(52)70(56-34-18-15-31-51(56)44-23-7-2-8-24-44)58-39-48(40-60(71-59)65(58)67)69(46-25-9-3-10-26-46)47-27-11-4-12-28-47/h1-42H. The molecule has 0 spiro atoms. The van der Waals surface area contributed by atoms with Crippen molar-refractivity contribution in [2.24, 2.45) is 0 Å². The van der Waals surface area contributed by atoms with E-state index >= 15 is 0 Å². The van der Waals surface area contributed by atoms with E-state index in [1.54, 1.807) is 0 Å². The molecule has 15 rings (SSSR count). The lowest BCUT2D eigenvalue weighted by Gasteiger charge is -2.42. The van der Waals surface area contributed by atoms with E-state index in [-0.39, 0.29) is 13.4 Å². The lowest BCUT2D eigenvalue weighted by molar-refractivity contribution is 0.486. The van der Waals surface area contributed by atoms with Gasteiger partial charge in [0.1, 0.15) is 11.5 Å². The van der Waals surface area contributed by atoms with Crippen molar-refractivity contribution in [1.82, 2.24) is 0 Å². The van der Waals surface area contributed by atoms with Crippen LogP contribution in [0.1, 0.15) is 0 Å². The van der Waals surface area contributed by atoms with Gasteiger partial charge in [-0.25, -0.2) is 0 Å². The minimum Gasteiger partial charge on any atom is -0.458 e. The highest BCUT2D eigenvalue weighted by Gasteiger charge is 2.46. The molecule has 7 heteroatoms. The molecule has 340 valence electrons. The Morgan fingerprint density at radius 1 is 0.315 bits per heavy atom. The SMILES string of the molecule is c1ccc(-c2ccccc2-c2cc3c4c(c2)Sc2cc5c(cc2B4c2ccccc2S3)B2c3ccccc3N(c3ccccc3-c3ccccc3)c3cc(N(c4ccccc4)c4ccccc4)cc(c32)O5)cc1. The van der Waals surface area contributed by atoms with Crippen LogP contribution in [0.15, 0.2) is 274 Å². The second-order valence-corrected chi connectivity index (χ2v) is 21.3. The van der Waals surface area contributed by atoms with Crippen LogP contribution < -0.4 is 47.3 Å². The third kappa shape index (κ3) is 6.87. The number of hydrogen-bond acceptors (Lipinski definition) is 5. The predicted molar refractivity (Wildman–Crippen MR) is 309 cm³/mol. The molecule has 3 nitrogen and oxygen atoms in total. The molecule has 73 heavy (non-hydrogen) atoms. The lowest BCUT2D eigenvalue weighted by atomic mass is 9.32. The summed E-state index contributed by atoms with van der Waals surface area (Å²) in [6.45, 7) is -0.0358. The first-order chi connectivity index (χ1) is 36.2. The van der Waals surface area contributed by atoms with Crippen molar-refractivity contribution in [2.45, 2.75) is 19.6 Å². The van der Waals surface area contributed by atoms with Crippen LogP contribution in [0.3, 0.4) is 0 Å². The van der Waals surface area contributed by atoms with Crippen LogP contribution in [0, 0.1) is 0 Å². The van der Waals surface area contributed by atoms with Crippen molar-refractivity contribution in [3.8, 4) is 44.9 Å². The second-order valence-electron chi connectivity index (χ2n) is 19.1. The molecule has 0 saturated heterocycles. The molecule has 0 aromatic heterocycles. The van der Waals surface area contributed by atoms with Gasteiger partial charge in [0.05, 0.1) is 11.4 Å². The Labute approximate surface area is 435 Å². The number of hydrogen-bond donors (Lipinski definition) is 0. The van der Waals surface area contributed by atoms with E-state index < -0.39 is 0 Å². The molecule has 4 heterocycles. The van der Waals surface area contributed by atoms with Crippen molar-refractivity contribution in [3.05, 3.63) is 255 Å². The van der Waals surface area contributed by atoms with Gasteiger partial charge < -0.3 is 14.5 Å². The van der Waals surface area contributed by atoms with Crippen LogP contribution >= 0.6 is 23.5 Å². The van der Waals surface area contributed by atoms with Gasteiger partial charge in [-0.3, -0.25) is 0 Å². The van der Waals surface area contributed by atoms with Gasteiger partial charge in [0, 0.05) is 54.0 Å². The van der Waals surface area contributed by atoms with E-state index in [9.17, 15) is 0 Å². The van der Waals surface area contributed by atoms with Crippen molar-refractivity contribution >= 4 is 104 Å². The molecule has 0 radical (unpaired) electrons. The number of fused-ring (bicyclic) bond motifs is 8. The summed E-state index contributed by atoms with van der Waals surface area (Å²) in [6.07, 6.45) is 0. The molecule has 4 aliphatic heterocycles. The molecule has 0 saturated carbocycles. The average Bonchev–Trinajstić information content (AvgIpc) is 3.46. The molecule has 0 N–H and O–H groups in total. The Morgan fingerprint density at radius 3 is 1.52 bits per heavy atom. The van der Waals surface area contributed by atoms with Gasteiger partial charge in [0.25, 0.3) is 6.71 Å². The van der Waals surface area contributed by atoms with E-state index in [0.717, 1.165) is 51.2 Å². The summed E-state index contributed by atoms with van der Waals surface area (Å²) in [5.74, 6) is 1.76. The average molecular weight is 965 g/mol. The van der Waals surface area contributed by atoms with Crippen molar-refractivity contribution < 1.29 is 4.74 Å². The number of para-hydroxylation sites is 4. The Balaban J connectivity index is 0.956. The largest absolute Gasteiger partial charge is 0.458 e. The van der Waals surface area contributed by atoms with Gasteiger partial charge in [-0.05, 0) is 116 Å². The Morgan fingerprint density at radius 2 is 0.836 bits per heavy atom. The second kappa shape index (κ2) is 17.2. The molecule has 0 amide bonds. The fourth-order valence-electron chi connectivity index (χ4n) is 11.9. The zero-order valence-corrected chi connectivity index (χ0v) is 41.2. The van der Waals surface area contributed by atoms with Gasteiger partial charge in [-0.15, -0.1) is 0 Å². The quantitative estimate of drug-likeness (QED) is 0.147. The summed E-state index contributed by atoms with van der Waals surface area (Å²) >= 11 is 3.80. The molecule has 11 aromatic rings. The molecule has 0 atom stereocenters. The maximum Gasteiger partial charge on any atom is 0.256 e. The normalized spacial score (nSPS) is 13.1. The Kier molecular flexibility index (Phi) is 9.95. The number of ether oxygens (including phenoxy) is 1. The summed E-state index contributed by atoms with van der Waals surface area (Å²) in [5, 5.41) is 0. The van der Waals surface area contributed by atoms with Gasteiger partial charge in [0.15, 0.2) is 0 Å². The summed E-state index contributed by atoms with van der Waals surface area (Å²) in [4.78, 5) is 10.0. The van der Waals surface area contributed by atoms with Crippen LogP contribution in [0.25, 0.3) is 33.4 Å². The zero-order valence-electron chi connectivity index (χ0n) is 39.5. The smallest absolute Gasteiger partial charge is 0.256 e. The zero-order chi connectivity index (χ0) is 48.0.